The van der Waals surface area contributed by atoms with Gasteiger partial charge in [-0.2, -0.15) is 11.8 Å². The smallest absolute Gasteiger partial charge is 0.151 e. The predicted octanol–water partition coefficient (Wildman–Crippen LogP) is 1.69. The molecular formula is C11H23NO2S2. The van der Waals surface area contributed by atoms with Gasteiger partial charge in [-0.05, 0) is 31.9 Å². The van der Waals surface area contributed by atoms with Gasteiger partial charge in [-0.3, -0.25) is 0 Å². The van der Waals surface area contributed by atoms with Crippen LogP contribution in [0.25, 0.3) is 0 Å². The Balaban J connectivity index is 2.16. The van der Waals surface area contributed by atoms with Gasteiger partial charge in [0.25, 0.3) is 0 Å². The monoisotopic (exact) mass is 265 g/mol. The standard InChI is InChI=1S/C11H23NO2S2/c1-3-8-16(13,14)9-6-12-10-11(2)5-4-7-15-11/h12H,3-10H2,1-2H3. The highest BCUT2D eigenvalue weighted by Gasteiger charge is 2.28. The number of rotatable bonds is 7. The van der Waals surface area contributed by atoms with E-state index in [1.54, 1.807) is 0 Å². The maximum atomic E-state index is 11.5. The Morgan fingerprint density at radius 3 is 2.69 bits per heavy atom. The number of hydrogen-bond donors (Lipinski definition) is 1. The molecule has 16 heavy (non-hydrogen) atoms. The predicted molar refractivity (Wildman–Crippen MR) is 71.9 cm³/mol. The first-order valence-electron chi connectivity index (χ1n) is 6.02. The van der Waals surface area contributed by atoms with Crippen molar-refractivity contribution in [3.63, 3.8) is 0 Å². The average molecular weight is 265 g/mol. The fraction of sp³-hybridized carbons (Fsp3) is 1.00. The maximum absolute atomic E-state index is 11.5. The third-order valence-corrected chi connectivity index (χ3v) is 6.30. The highest BCUT2D eigenvalue weighted by Crippen LogP contribution is 2.36. The highest BCUT2D eigenvalue weighted by molar-refractivity contribution is 8.00. The topological polar surface area (TPSA) is 46.2 Å². The molecule has 1 N–H and O–H groups in total. The third kappa shape index (κ3) is 5.06. The van der Waals surface area contributed by atoms with E-state index in [0.717, 1.165) is 13.0 Å². The zero-order valence-corrected chi connectivity index (χ0v) is 11.9. The van der Waals surface area contributed by atoms with Crippen molar-refractivity contribution in [2.45, 2.75) is 37.9 Å². The van der Waals surface area contributed by atoms with E-state index in [1.165, 1.54) is 18.6 Å². The molecule has 1 unspecified atom stereocenters. The maximum Gasteiger partial charge on any atom is 0.151 e. The van der Waals surface area contributed by atoms with Gasteiger partial charge in [0.05, 0.1) is 5.75 Å². The van der Waals surface area contributed by atoms with Gasteiger partial charge in [-0.25, -0.2) is 8.42 Å². The van der Waals surface area contributed by atoms with E-state index >= 15 is 0 Å². The van der Waals surface area contributed by atoms with Gasteiger partial charge >= 0.3 is 0 Å². The molecule has 1 fully saturated rings. The molecule has 0 radical (unpaired) electrons. The molecule has 1 aliphatic heterocycles. The van der Waals surface area contributed by atoms with E-state index < -0.39 is 9.84 Å². The van der Waals surface area contributed by atoms with Crippen molar-refractivity contribution >= 4 is 21.6 Å². The fourth-order valence-corrected chi connectivity index (χ4v) is 4.53. The van der Waals surface area contributed by atoms with E-state index in [2.05, 4.69) is 12.2 Å². The molecule has 0 saturated carbocycles. The summed E-state index contributed by atoms with van der Waals surface area (Å²) in [7, 11) is -2.82. The van der Waals surface area contributed by atoms with Gasteiger partial charge in [0, 0.05) is 23.6 Å². The van der Waals surface area contributed by atoms with Crippen LogP contribution >= 0.6 is 11.8 Å². The molecule has 0 aromatic rings. The normalized spacial score (nSPS) is 26.1. The van der Waals surface area contributed by atoms with Crippen molar-refractivity contribution in [2.75, 3.05) is 30.3 Å². The Hall–Kier alpha value is 0.260. The van der Waals surface area contributed by atoms with Crippen molar-refractivity contribution in [1.82, 2.24) is 5.32 Å². The van der Waals surface area contributed by atoms with Crippen LogP contribution in [0.2, 0.25) is 0 Å². The molecule has 1 heterocycles. The molecule has 1 aliphatic rings. The van der Waals surface area contributed by atoms with E-state index in [-0.39, 0.29) is 5.75 Å². The Kier molecular flexibility index (Phi) is 5.61. The quantitative estimate of drug-likeness (QED) is 0.712. The summed E-state index contributed by atoms with van der Waals surface area (Å²) in [6.07, 6.45) is 3.25. The van der Waals surface area contributed by atoms with Crippen LogP contribution in [0.1, 0.15) is 33.1 Å². The van der Waals surface area contributed by atoms with Gasteiger partial charge in [0.1, 0.15) is 0 Å². The van der Waals surface area contributed by atoms with Crippen LogP contribution in [0.4, 0.5) is 0 Å². The molecule has 0 aliphatic carbocycles. The van der Waals surface area contributed by atoms with Crippen molar-refractivity contribution in [3.05, 3.63) is 0 Å². The molecule has 3 nitrogen and oxygen atoms in total. The summed E-state index contributed by atoms with van der Waals surface area (Å²) >= 11 is 2.00. The summed E-state index contributed by atoms with van der Waals surface area (Å²) in [5.74, 6) is 1.84. The fourth-order valence-electron chi connectivity index (χ4n) is 1.97. The van der Waals surface area contributed by atoms with Crippen LogP contribution in [0.3, 0.4) is 0 Å². The Labute approximate surface area is 104 Å². The van der Waals surface area contributed by atoms with Crippen LogP contribution in [0.15, 0.2) is 0 Å². The Morgan fingerprint density at radius 1 is 1.38 bits per heavy atom. The van der Waals surface area contributed by atoms with Gasteiger partial charge in [-0.1, -0.05) is 6.92 Å². The molecule has 0 amide bonds. The van der Waals surface area contributed by atoms with Crippen LogP contribution in [-0.4, -0.2) is 43.5 Å². The second kappa shape index (κ2) is 6.26. The number of sulfone groups is 1. The minimum Gasteiger partial charge on any atom is -0.314 e. The van der Waals surface area contributed by atoms with E-state index in [1.807, 2.05) is 18.7 Å². The van der Waals surface area contributed by atoms with E-state index in [4.69, 9.17) is 0 Å². The van der Waals surface area contributed by atoms with Crippen LogP contribution in [-0.2, 0) is 9.84 Å². The summed E-state index contributed by atoms with van der Waals surface area (Å²) < 4.78 is 23.3. The van der Waals surface area contributed by atoms with Crippen LogP contribution in [0, 0.1) is 0 Å². The second-order valence-electron chi connectivity index (χ2n) is 4.73. The van der Waals surface area contributed by atoms with Crippen LogP contribution < -0.4 is 5.32 Å². The number of nitrogens with one attached hydrogen (secondary N) is 1. The van der Waals surface area contributed by atoms with Crippen LogP contribution in [0.5, 0.6) is 0 Å². The minimum absolute atomic E-state index is 0.279. The second-order valence-corrected chi connectivity index (χ2v) is 8.72. The third-order valence-electron chi connectivity index (χ3n) is 2.90. The first-order chi connectivity index (χ1) is 7.47. The summed E-state index contributed by atoms with van der Waals surface area (Å²) in [5, 5.41) is 3.28. The molecule has 0 bridgehead atoms. The first kappa shape index (κ1) is 14.3. The van der Waals surface area contributed by atoms with Crippen molar-refractivity contribution < 1.29 is 8.42 Å². The summed E-state index contributed by atoms with van der Waals surface area (Å²) in [4.78, 5) is 0. The van der Waals surface area contributed by atoms with Gasteiger partial charge in [0.15, 0.2) is 9.84 Å². The zero-order valence-electron chi connectivity index (χ0n) is 10.3. The molecular weight excluding hydrogens is 242 g/mol. The lowest BCUT2D eigenvalue weighted by molar-refractivity contribution is 0.543. The van der Waals surface area contributed by atoms with Gasteiger partial charge in [-0.15, -0.1) is 0 Å². The minimum atomic E-state index is -2.82. The molecule has 1 saturated heterocycles. The average Bonchev–Trinajstić information content (AvgIpc) is 2.61. The lowest BCUT2D eigenvalue weighted by Gasteiger charge is -2.22. The molecule has 96 valence electrons. The number of thioether (sulfide) groups is 1. The van der Waals surface area contributed by atoms with E-state index in [9.17, 15) is 8.42 Å². The molecule has 1 rings (SSSR count). The molecule has 0 aromatic heterocycles. The first-order valence-corrected chi connectivity index (χ1v) is 8.83. The van der Waals surface area contributed by atoms with Crippen molar-refractivity contribution in [2.24, 2.45) is 0 Å². The van der Waals surface area contributed by atoms with Gasteiger partial charge in [0.2, 0.25) is 0 Å². The van der Waals surface area contributed by atoms with Crippen molar-refractivity contribution in [1.29, 1.82) is 0 Å². The number of hydrogen-bond acceptors (Lipinski definition) is 4. The molecule has 0 aromatic carbocycles. The lowest BCUT2D eigenvalue weighted by atomic mass is 10.1. The summed E-state index contributed by atoms with van der Waals surface area (Å²) in [6.45, 7) is 5.69. The molecule has 5 heteroatoms. The summed E-state index contributed by atoms with van der Waals surface area (Å²) in [5.41, 5.74) is 0. The Morgan fingerprint density at radius 2 is 2.12 bits per heavy atom. The molecule has 0 spiro atoms. The SMILES string of the molecule is CCCS(=O)(=O)CCNCC1(C)CCCS1. The van der Waals surface area contributed by atoms with Gasteiger partial charge < -0.3 is 5.32 Å². The van der Waals surface area contributed by atoms with E-state index in [0.29, 0.717) is 17.0 Å². The largest absolute Gasteiger partial charge is 0.314 e. The Bertz CT molecular complexity index is 295. The summed E-state index contributed by atoms with van der Waals surface area (Å²) in [6, 6.07) is 0. The molecule has 1 atom stereocenters. The van der Waals surface area contributed by atoms with Crippen molar-refractivity contribution in [3.8, 4) is 0 Å². The highest BCUT2D eigenvalue weighted by atomic mass is 32.2. The lowest BCUT2D eigenvalue weighted by Crippen LogP contribution is -2.35. The zero-order chi connectivity index (χ0) is 12.1.